The fourth-order valence-corrected chi connectivity index (χ4v) is 2.44. The van der Waals surface area contributed by atoms with E-state index in [2.05, 4.69) is 14.1 Å². The van der Waals surface area contributed by atoms with E-state index in [1.54, 1.807) is 18.3 Å². The lowest BCUT2D eigenvalue weighted by molar-refractivity contribution is 0.520. The Morgan fingerprint density at radius 2 is 2.33 bits per heavy atom. The number of hydrogen-bond donors (Lipinski definition) is 1. The van der Waals surface area contributed by atoms with Gasteiger partial charge in [-0.05, 0) is 36.7 Å². The van der Waals surface area contributed by atoms with Crippen LogP contribution in [0, 0.1) is 5.82 Å². The highest BCUT2D eigenvalue weighted by Gasteiger charge is 2.16. The van der Waals surface area contributed by atoms with E-state index in [1.165, 1.54) is 6.07 Å². The lowest BCUT2D eigenvalue weighted by Gasteiger charge is -2.15. The van der Waals surface area contributed by atoms with E-state index >= 15 is 0 Å². The topological polar surface area (TPSA) is 37.8 Å². The number of halogens is 2. The number of aromatic nitrogens is 2. The van der Waals surface area contributed by atoms with E-state index in [0.717, 1.165) is 24.0 Å². The third kappa shape index (κ3) is 3.25. The Balaban J connectivity index is 2.21. The first kappa shape index (κ1) is 13.4. The minimum absolute atomic E-state index is 0.0401. The minimum Gasteiger partial charge on any atom is -0.309 e. The van der Waals surface area contributed by atoms with Crippen molar-refractivity contribution in [2.45, 2.75) is 19.4 Å². The standard InChI is InChI=1S/C12H13ClFN3S/c1-2-15-11(12-7-16-18-17-12)6-8-5-9(13)3-4-10(8)14/h3-5,7,11,15H,2,6H2,1H3. The number of rotatable bonds is 5. The van der Waals surface area contributed by atoms with Crippen LogP contribution in [-0.4, -0.2) is 15.3 Å². The van der Waals surface area contributed by atoms with Crippen molar-refractivity contribution < 1.29 is 4.39 Å². The molecule has 1 aromatic heterocycles. The molecule has 3 nitrogen and oxygen atoms in total. The van der Waals surface area contributed by atoms with Crippen LogP contribution in [0.1, 0.15) is 24.2 Å². The number of benzene rings is 1. The first-order chi connectivity index (χ1) is 8.70. The van der Waals surface area contributed by atoms with Gasteiger partial charge in [0.1, 0.15) is 5.82 Å². The third-order valence-electron chi connectivity index (χ3n) is 2.62. The van der Waals surface area contributed by atoms with Crippen LogP contribution in [0.25, 0.3) is 0 Å². The van der Waals surface area contributed by atoms with E-state index in [4.69, 9.17) is 11.6 Å². The molecule has 0 aliphatic carbocycles. The number of likely N-dealkylation sites (N-methyl/N-ethyl adjacent to an activating group) is 1. The summed E-state index contributed by atoms with van der Waals surface area (Å²) in [4.78, 5) is 0. The highest BCUT2D eigenvalue weighted by atomic mass is 35.5. The van der Waals surface area contributed by atoms with Gasteiger partial charge in [0, 0.05) is 5.02 Å². The van der Waals surface area contributed by atoms with Crippen molar-refractivity contribution in [2.75, 3.05) is 6.54 Å². The quantitative estimate of drug-likeness (QED) is 0.916. The Hall–Kier alpha value is -1.04. The summed E-state index contributed by atoms with van der Waals surface area (Å²) in [5.74, 6) is -0.245. The van der Waals surface area contributed by atoms with Gasteiger partial charge in [-0.3, -0.25) is 0 Å². The highest BCUT2D eigenvalue weighted by Crippen LogP contribution is 2.21. The molecule has 0 radical (unpaired) electrons. The molecule has 6 heteroatoms. The Morgan fingerprint density at radius 1 is 1.50 bits per heavy atom. The summed E-state index contributed by atoms with van der Waals surface area (Å²) in [6, 6.07) is 4.55. The molecule has 0 amide bonds. The molecule has 0 aliphatic rings. The van der Waals surface area contributed by atoms with Gasteiger partial charge in [0.05, 0.1) is 29.7 Å². The normalized spacial score (nSPS) is 12.6. The van der Waals surface area contributed by atoms with Crippen LogP contribution in [-0.2, 0) is 6.42 Å². The zero-order valence-electron chi connectivity index (χ0n) is 9.86. The zero-order valence-corrected chi connectivity index (χ0v) is 11.4. The average molecular weight is 286 g/mol. The molecular weight excluding hydrogens is 273 g/mol. The fraction of sp³-hybridized carbons (Fsp3) is 0.333. The zero-order chi connectivity index (χ0) is 13.0. The Bertz CT molecular complexity index is 504. The van der Waals surface area contributed by atoms with Crippen LogP contribution in [0.3, 0.4) is 0 Å². The maximum atomic E-state index is 13.7. The summed E-state index contributed by atoms with van der Waals surface area (Å²) in [5.41, 5.74) is 1.42. The molecule has 0 fully saturated rings. The van der Waals surface area contributed by atoms with E-state index in [9.17, 15) is 4.39 Å². The molecule has 0 aliphatic heterocycles. The summed E-state index contributed by atoms with van der Waals surface area (Å²) < 4.78 is 21.9. The molecule has 0 saturated carbocycles. The second-order valence-electron chi connectivity index (χ2n) is 3.88. The Morgan fingerprint density at radius 3 is 3.00 bits per heavy atom. The van der Waals surface area contributed by atoms with Gasteiger partial charge in [-0.1, -0.05) is 18.5 Å². The van der Waals surface area contributed by atoms with Crippen LogP contribution < -0.4 is 5.32 Å². The Kier molecular flexibility index (Phi) is 4.63. The van der Waals surface area contributed by atoms with Crippen molar-refractivity contribution in [3.05, 3.63) is 46.5 Å². The summed E-state index contributed by atoms with van der Waals surface area (Å²) >= 11 is 7.04. The third-order valence-corrected chi connectivity index (χ3v) is 3.34. The first-order valence-electron chi connectivity index (χ1n) is 5.65. The lowest BCUT2D eigenvalue weighted by Crippen LogP contribution is -2.23. The summed E-state index contributed by atoms with van der Waals surface area (Å²) in [6.07, 6.45) is 2.21. The van der Waals surface area contributed by atoms with Crippen molar-refractivity contribution in [3.8, 4) is 0 Å². The van der Waals surface area contributed by atoms with Gasteiger partial charge in [-0.2, -0.15) is 8.75 Å². The highest BCUT2D eigenvalue weighted by molar-refractivity contribution is 6.99. The molecule has 2 aromatic rings. The smallest absolute Gasteiger partial charge is 0.126 e. The summed E-state index contributed by atoms with van der Waals surface area (Å²) in [5, 5.41) is 3.81. The molecule has 18 heavy (non-hydrogen) atoms. The number of nitrogens with one attached hydrogen (secondary N) is 1. The van der Waals surface area contributed by atoms with Crippen molar-refractivity contribution in [1.82, 2.24) is 14.1 Å². The van der Waals surface area contributed by atoms with Gasteiger partial charge in [0.15, 0.2) is 0 Å². The second-order valence-corrected chi connectivity index (χ2v) is 4.88. The van der Waals surface area contributed by atoms with Crippen molar-refractivity contribution >= 4 is 23.3 Å². The van der Waals surface area contributed by atoms with Gasteiger partial charge in [-0.15, -0.1) is 0 Å². The molecule has 1 unspecified atom stereocenters. The van der Waals surface area contributed by atoms with Gasteiger partial charge >= 0.3 is 0 Å². The molecule has 96 valence electrons. The van der Waals surface area contributed by atoms with E-state index < -0.39 is 0 Å². The van der Waals surface area contributed by atoms with Crippen LogP contribution >= 0.6 is 23.3 Å². The molecule has 1 N–H and O–H groups in total. The maximum Gasteiger partial charge on any atom is 0.126 e. The molecule has 1 atom stereocenters. The SMILES string of the molecule is CCNC(Cc1cc(Cl)ccc1F)c1cnsn1. The number of hydrogen-bond acceptors (Lipinski definition) is 4. The van der Waals surface area contributed by atoms with Gasteiger partial charge in [0.2, 0.25) is 0 Å². The van der Waals surface area contributed by atoms with Crippen molar-refractivity contribution in [2.24, 2.45) is 0 Å². The molecular formula is C12H13ClFN3S. The van der Waals surface area contributed by atoms with Gasteiger partial charge in [0.25, 0.3) is 0 Å². The number of nitrogens with zero attached hydrogens (tertiary/aromatic N) is 2. The summed E-state index contributed by atoms with van der Waals surface area (Å²) in [7, 11) is 0. The predicted molar refractivity (Wildman–Crippen MR) is 71.4 cm³/mol. The summed E-state index contributed by atoms with van der Waals surface area (Å²) in [6.45, 7) is 2.78. The molecule has 0 saturated heterocycles. The van der Waals surface area contributed by atoms with Gasteiger partial charge in [-0.25, -0.2) is 4.39 Å². The van der Waals surface area contributed by atoms with Crippen LogP contribution in [0.15, 0.2) is 24.4 Å². The molecule has 0 spiro atoms. The molecule has 0 bridgehead atoms. The second kappa shape index (κ2) is 6.22. The van der Waals surface area contributed by atoms with Crippen LogP contribution in [0.2, 0.25) is 5.02 Å². The van der Waals surface area contributed by atoms with Crippen molar-refractivity contribution in [3.63, 3.8) is 0 Å². The monoisotopic (exact) mass is 285 g/mol. The lowest BCUT2D eigenvalue weighted by atomic mass is 10.0. The predicted octanol–water partition coefficient (Wildman–Crippen LogP) is 3.22. The van der Waals surface area contributed by atoms with E-state index in [-0.39, 0.29) is 11.9 Å². The van der Waals surface area contributed by atoms with Crippen LogP contribution in [0.5, 0.6) is 0 Å². The maximum absolute atomic E-state index is 13.7. The Labute approximate surface area is 114 Å². The van der Waals surface area contributed by atoms with Crippen LogP contribution in [0.4, 0.5) is 4.39 Å². The molecule has 2 rings (SSSR count). The van der Waals surface area contributed by atoms with E-state index in [0.29, 0.717) is 17.0 Å². The molecule has 1 heterocycles. The van der Waals surface area contributed by atoms with E-state index in [1.807, 2.05) is 6.92 Å². The van der Waals surface area contributed by atoms with Gasteiger partial charge < -0.3 is 5.32 Å². The largest absolute Gasteiger partial charge is 0.309 e. The molecule has 1 aromatic carbocycles. The minimum atomic E-state index is -0.245. The average Bonchev–Trinajstić information content (AvgIpc) is 2.87. The first-order valence-corrected chi connectivity index (χ1v) is 6.76. The van der Waals surface area contributed by atoms with Crippen molar-refractivity contribution in [1.29, 1.82) is 0 Å². The fourth-order valence-electron chi connectivity index (χ4n) is 1.77.